The minimum absolute atomic E-state index is 0.0414. The standard InChI is InChI=1S/C14H17BrO2.C9H9BrO.C5H8O/c1-10(16)13(9-14(3,15)11(2)17)12-7-5-4-6-8-12;1-7(11)9(10)8-5-3-2-4-6-8;1-4(2)5(3)6/h4-8,13H,9H2,1-3H3;2-6,9H,1H3;1H2,2-3H3. The van der Waals surface area contributed by atoms with Crippen LogP contribution in [0, 0.1) is 0 Å². The van der Waals surface area contributed by atoms with E-state index < -0.39 is 4.32 Å². The van der Waals surface area contributed by atoms with E-state index in [0.29, 0.717) is 12.0 Å². The lowest BCUT2D eigenvalue weighted by molar-refractivity contribution is -0.121. The summed E-state index contributed by atoms with van der Waals surface area (Å²) in [6.07, 6.45) is 0.488. The summed E-state index contributed by atoms with van der Waals surface area (Å²) in [6.45, 7) is 13.1. The molecule has 0 saturated carbocycles. The molecule has 0 radical (unpaired) electrons. The van der Waals surface area contributed by atoms with Gasteiger partial charge in [0.25, 0.3) is 0 Å². The predicted molar refractivity (Wildman–Crippen MR) is 147 cm³/mol. The van der Waals surface area contributed by atoms with Crippen LogP contribution in [-0.4, -0.2) is 27.5 Å². The van der Waals surface area contributed by atoms with Crippen LogP contribution in [0.1, 0.15) is 69.8 Å². The first kappa shape index (κ1) is 31.8. The molecule has 0 saturated heterocycles. The summed E-state index contributed by atoms with van der Waals surface area (Å²) in [6, 6.07) is 19.2. The molecule has 34 heavy (non-hydrogen) atoms. The minimum atomic E-state index is -0.640. The maximum Gasteiger partial charge on any atom is 0.154 e. The summed E-state index contributed by atoms with van der Waals surface area (Å²) in [7, 11) is 0. The van der Waals surface area contributed by atoms with E-state index in [1.165, 1.54) is 13.8 Å². The van der Waals surface area contributed by atoms with Gasteiger partial charge in [-0.15, -0.1) is 0 Å². The maximum absolute atomic E-state index is 11.7. The molecule has 0 aliphatic carbocycles. The van der Waals surface area contributed by atoms with Crippen molar-refractivity contribution in [3.63, 3.8) is 0 Å². The van der Waals surface area contributed by atoms with Crippen molar-refractivity contribution in [2.45, 2.75) is 63.0 Å². The van der Waals surface area contributed by atoms with Crippen molar-refractivity contribution in [2.75, 3.05) is 0 Å². The van der Waals surface area contributed by atoms with Gasteiger partial charge in [-0.2, -0.15) is 0 Å². The molecule has 3 unspecified atom stereocenters. The number of hydrogen-bond donors (Lipinski definition) is 0. The molecule has 2 rings (SSSR count). The number of alkyl halides is 2. The Labute approximate surface area is 220 Å². The molecular formula is C28H34Br2O4. The van der Waals surface area contributed by atoms with E-state index in [1.54, 1.807) is 20.8 Å². The van der Waals surface area contributed by atoms with Crippen LogP contribution < -0.4 is 0 Å². The van der Waals surface area contributed by atoms with Crippen LogP contribution in [0.4, 0.5) is 0 Å². The Morgan fingerprint density at radius 1 is 0.794 bits per heavy atom. The molecule has 0 aromatic heterocycles. The summed E-state index contributed by atoms with van der Waals surface area (Å²) in [5.41, 5.74) is 2.60. The summed E-state index contributed by atoms with van der Waals surface area (Å²) >= 11 is 6.71. The largest absolute Gasteiger partial charge is 0.299 e. The van der Waals surface area contributed by atoms with Crippen molar-refractivity contribution in [1.29, 1.82) is 0 Å². The zero-order valence-corrected chi connectivity index (χ0v) is 23.9. The number of hydrogen-bond acceptors (Lipinski definition) is 4. The van der Waals surface area contributed by atoms with Gasteiger partial charge in [0, 0.05) is 5.92 Å². The van der Waals surface area contributed by atoms with Crippen molar-refractivity contribution < 1.29 is 19.2 Å². The molecule has 0 aliphatic heterocycles. The van der Waals surface area contributed by atoms with Crippen molar-refractivity contribution in [2.24, 2.45) is 0 Å². The Morgan fingerprint density at radius 2 is 1.18 bits per heavy atom. The topological polar surface area (TPSA) is 68.3 Å². The van der Waals surface area contributed by atoms with E-state index >= 15 is 0 Å². The highest BCUT2D eigenvalue weighted by atomic mass is 79.9. The van der Waals surface area contributed by atoms with Crippen LogP contribution in [0.25, 0.3) is 0 Å². The summed E-state index contributed by atoms with van der Waals surface area (Å²) in [5.74, 6) is 0.0958. The second-order valence-electron chi connectivity index (χ2n) is 8.25. The Hall–Kier alpha value is -2.18. The second-order valence-corrected chi connectivity index (χ2v) is 10.9. The van der Waals surface area contributed by atoms with E-state index in [0.717, 1.165) is 11.1 Å². The van der Waals surface area contributed by atoms with Gasteiger partial charge >= 0.3 is 0 Å². The molecule has 0 spiro atoms. The molecule has 4 nitrogen and oxygen atoms in total. The zero-order chi connectivity index (χ0) is 26.5. The van der Waals surface area contributed by atoms with Crippen LogP contribution in [0.3, 0.4) is 0 Å². The summed E-state index contributed by atoms with van der Waals surface area (Å²) < 4.78 is -0.640. The van der Waals surface area contributed by atoms with Gasteiger partial charge in [0.1, 0.15) is 17.3 Å². The minimum Gasteiger partial charge on any atom is -0.299 e. The molecule has 2 aromatic rings. The number of allylic oxidation sites excluding steroid dienone is 1. The van der Waals surface area contributed by atoms with Crippen molar-refractivity contribution in [3.8, 4) is 0 Å². The zero-order valence-electron chi connectivity index (χ0n) is 20.7. The van der Waals surface area contributed by atoms with Crippen LogP contribution in [0.5, 0.6) is 0 Å². The fraction of sp³-hybridized carbons (Fsp3) is 0.357. The van der Waals surface area contributed by atoms with Crippen molar-refractivity contribution >= 4 is 55.0 Å². The summed E-state index contributed by atoms with van der Waals surface area (Å²) in [4.78, 5) is 44.0. The number of carbonyl (C=O) groups is 4. The smallest absolute Gasteiger partial charge is 0.154 e. The monoisotopic (exact) mass is 592 g/mol. The van der Waals surface area contributed by atoms with E-state index in [1.807, 2.05) is 67.6 Å². The third kappa shape index (κ3) is 12.3. The van der Waals surface area contributed by atoms with Gasteiger partial charge in [0.05, 0.1) is 9.15 Å². The van der Waals surface area contributed by atoms with Gasteiger partial charge in [-0.1, -0.05) is 99.1 Å². The van der Waals surface area contributed by atoms with Crippen LogP contribution >= 0.6 is 31.9 Å². The molecule has 0 fully saturated rings. The lowest BCUT2D eigenvalue weighted by atomic mass is 9.85. The number of halogens is 2. The van der Waals surface area contributed by atoms with Gasteiger partial charge in [0.15, 0.2) is 5.78 Å². The predicted octanol–water partition coefficient (Wildman–Crippen LogP) is 7.36. The highest BCUT2D eigenvalue weighted by molar-refractivity contribution is 9.10. The van der Waals surface area contributed by atoms with E-state index in [-0.39, 0.29) is 33.9 Å². The van der Waals surface area contributed by atoms with Gasteiger partial charge < -0.3 is 0 Å². The second kappa shape index (κ2) is 15.7. The Morgan fingerprint density at radius 3 is 1.47 bits per heavy atom. The first-order valence-electron chi connectivity index (χ1n) is 10.8. The molecule has 184 valence electrons. The number of benzene rings is 2. The van der Waals surface area contributed by atoms with Gasteiger partial charge in [-0.25, -0.2) is 0 Å². The highest BCUT2D eigenvalue weighted by Crippen LogP contribution is 2.33. The Bertz CT molecular complexity index is 954. The molecule has 0 bridgehead atoms. The average molecular weight is 594 g/mol. The fourth-order valence-corrected chi connectivity index (χ4v) is 3.19. The first-order valence-corrected chi connectivity index (χ1v) is 12.5. The lowest BCUT2D eigenvalue weighted by Crippen LogP contribution is -2.30. The van der Waals surface area contributed by atoms with E-state index in [4.69, 9.17) is 0 Å². The van der Waals surface area contributed by atoms with E-state index in [9.17, 15) is 19.2 Å². The molecule has 3 atom stereocenters. The third-order valence-electron chi connectivity index (χ3n) is 5.06. The normalized spacial score (nSPS) is 13.4. The molecule has 6 heteroatoms. The molecular weight excluding hydrogens is 560 g/mol. The number of carbonyl (C=O) groups excluding carboxylic acids is 4. The third-order valence-corrected chi connectivity index (χ3v) is 7.12. The van der Waals surface area contributed by atoms with Crippen molar-refractivity contribution in [3.05, 3.63) is 83.9 Å². The summed E-state index contributed by atoms with van der Waals surface area (Å²) in [5, 5.41) is 0. The number of ketones is 4. The molecule has 0 amide bonds. The number of Topliss-reactive ketones (excluding diaryl/α,β-unsaturated/α-hetero) is 4. The van der Waals surface area contributed by atoms with Crippen LogP contribution in [0.2, 0.25) is 0 Å². The number of rotatable bonds is 8. The van der Waals surface area contributed by atoms with Crippen LogP contribution in [0.15, 0.2) is 72.8 Å². The van der Waals surface area contributed by atoms with Crippen molar-refractivity contribution in [1.82, 2.24) is 0 Å². The fourth-order valence-electron chi connectivity index (χ4n) is 2.57. The SMILES string of the molecule is C=C(C)C(C)=O.CC(=O)C(Br)c1ccccc1.CC(=O)C(CC(C)(Br)C(C)=O)c1ccccc1. The highest BCUT2D eigenvalue weighted by Gasteiger charge is 2.32. The molecule has 0 heterocycles. The molecule has 0 aliphatic rings. The Balaban J connectivity index is 0.000000547. The lowest BCUT2D eigenvalue weighted by Gasteiger charge is -2.24. The van der Waals surface area contributed by atoms with Gasteiger partial charge in [0.2, 0.25) is 0 Å². The molecule has 2 aromatic carbocycles. The van der Waals surface area contributed by atoms with E-state index in [2.05, 4.69) is 38.4 Å². The average Bonchev–Trinajstić information content (AvgIpc) is 2.78. The van der Waals surface area contributed by atoms with Crippen LogP contribution in [-0.2, 0) is 19.2 Å². The first-order chi connectivity index (χ1) is 15.7. The van der Waals surface area contributed by atoms with Gasteiger partial charge in [-0.05, 0) is 64.7 Å². The molecule has 0 N–H and O–H groups in total. The maximum atomic E-state index is 11.7. The van der Waals surface area contributed by atoms with Gasteiger partial charge in [-0.3, -0.25) is 19.2 Å². The quantitative estimate of drug-likeness (QED) is 0.237. The Kier molecular flexibility index (Phi) is 14.7.